The van der Waals surface area contributed by atoms with Gasteiger partial charge in [-0.25, -0.2) is 0 Å². The largest absolute Gasteiger partial charge is 0.493 e. The van der Waals surface area contributed by atoms with Crippen molar-refractivity contribution >= 4 is 0 Å². The quantitative estimate of drug-likeness (QED) is 0.900. The molecule has 0 saturated carbocycles. The highest BCUT2D eigenvalue weighted by molar-refractivity contribution is 5.67. The fourth-order valence-electron chi connectivity index (χ4n) is 3.64. The zero-order valence-electron chi connectivity index (χ0n) is 12.5. The fraction of sp³-hybridized carbons (Fsp3) is 0.368. The first-order valence-electron chi connectivity index (χ1n) is 7.91. The number of benzene rings is 2. The molecule has 0 aromatic heterocycles. The summed E-state index contributed by atoms with van der Waals surface area (Å²) < 4.78 is 5.71. The molecule has 1 aliphatic heterocycles. The minimum absolute atomic E-state index is 0.533. The van der Waals surface area contributed by atoms with E-state index in [0.717, 1.165) is 25.2 Å². The van der Waals surface area contributed by atoms with Gasteiger partial charge in [-0.15, -0.1) is 0 Å². The van der Waals surface area contributed by atoms with E-state index in [1.165, 1.54) is 40.7 Å². The Balaban J connectivity index is 1.71. The number of rotatable bonds is 2. The van der Waals surface area contributed by atoms with Crippen LogP contribution in [0.25, 0.3) is 11.1 Å². The molecule has 2 aromatic rings. The summed E-state index contributed by atoms with van der Waals surface area (Å²) >= 11 is 0. The van der Waals surface area contributed by atoms with Gasteiger partial charge in [0, 0.05) is 6.04 Å². The SMILES string of the molecule is CNC1CCc2cc(-c3ccc4c(c3)CCCO4)ccc21. The Hall–Kier alpha value is -1.80. The highest BCUT2D eigenvalue weighted by Crippen LogP contribution is 2.35. The number of hydrogen-bond donors (Lipinski definition) is 1. The Morgan fingerprint density at radius 3 is 2.67 bits per heavy atom. The molecule has 4 rings (SSSR count). The standard InChI is InChI=1S/C19H21NO/c1-20-18-8-5-15-11-13(4-7-17(15)18)14-6-9-19-16(12-14)3-2-10-21-19/h4,6-7,9,11-12,18,20H,2-3,5,8,10H2,1H3. The summed E-state index contributed by atoms with van der Waals surface area (Å²) in [5.41, 5.74) is 6.98. The van der Waals surface area contributed by atoms with Gasteiger partial charge in [-0.3, -0.25) is 0 Å². The summed E-state index contributed by atoms with van der Waals surface area (Å²) in [5.74, 6) is 1.07. The Labute approximate surface area is 126 Å². The molecule has 0 bridgehead atoms. The summed E-state index contributed by atoms with van der Waals surface area (Å²) in [6.45, 7) is 0.858. The maximum atomic E-state index is 5.71. The van der Waals surface area contributed by atoms with Crippen LogP contribution in [0.15, 0.2) is 36.4 Å². The highest BCUT2D eigenvalue weighted by atomic mass is 16.5. The molecule has 1 aliphatic carbocycles. The van der Waals surface area contributed by atoms with Gasteiger partial charge in [-0.05, 0) is 72.7 Å². The second kappa shape index (κ2) is 5.19. The van der Waals surface area contributed by atoms with Crippen molar-refractivity contribution in [2.75, 3.05) is 13.7 Å². The van der Waals surface area contributed by atoms with Gasteiger partial charge in [0.1, 0.15) is 5.75 Å². The van der Waals surface area contributed by atoms with Crippen molar-refractivity contribution in [1.82, 2.24) is 5.32 Å². The molecule has 0 spiro atoms. The van der Waals surface area contributed by atoms with Crippen molar-refractivity contribution in [3.8, 4) is 16.9 Å². The molecule has 2 aliphatic rings. The number of aryl methyl sites for hydroxylation is 2. The number of hydrogen-bond acceptors (Lipinski definition) is 2. The average molecular weight is 279 g/mol. The Bertz CT molecular complexity index is 677. The van der Waals surface area contributed by atoms with Gasteiger partial charge in [0.2, 0.25) is 0 Å². The van der Waals surface area contributed by atoms with Crippen LogP contribution in [0.2, 0.25) is 0 Å². The van der Waals surface area contributed by atoms with E-state index in [2.05, 4.69) is 48.8 Å². The molecular formula is C19H21NO. The van der Waals surface area contributed by atoms with Crippen LogP contribution in [0.1, 0.15) is 35.6 Å². The van der Waals surface area contributed by atoms with Crippen LogP contribution in [-0.4, -0.2) is 13.7 Å². The molecule has 1 atom stereocenters. The van der Waals surface area contributed by atoms with Gasteiger partial charge in [0.05, 0.1) is 6.61 Å². The molecule has 2 nitrogen and oxygen atoms in total. The van der Waals surface area contributed by atoms with E-state index in [9.17, 15) is 0 Å². The van der Waals surface area contributed by atoms with Crippen LogP contribution in [0, 0.1) is 0 Å². The van der Waals surface area contributed by atoms with Crippen molar-refractivity contribution in [1.29, 1.82) is 0 Å². The van der Waals surface area contributed by atoms with Crippen LogP contribution >= 0.6 is 0 Å². The molecule has 0 saturated heterocycles. The van der Waals surface area contributed by atoms with Crippen LogP contribution in [0.5, 0.6) is 5.75 Å². The Kier molecular flexibility index (Phi) is 3.19. The number of fused-ring (bicyclic) bond motifs is 2. The first-order chi connectivity index (χ1) is 10.3. The molecule has 0 fully saturated rings. The third-order valence-electron chi connectivity index (χ3n) is 4.81. The van der Waals surface area contributed by atoms with E-state index in [0.29, 0.717) is 6.04 Å². The normalized spacial score (nSPS) is 19.8. The summed E-state index contributed by atoms with van der Waals surface area (Å²) in [6.07, 6.45) is 4.66. The molecule has 1 heterocycles. The zero-order valence-corrected chi connectivity index (χ0v) is 12.5. The van der Waals surface area contributed by atoms with E-state index in [1.807, 2.05) is 0 Å². The fourth-order valence-corrected chi connectivity index (χ4v) is 3.64. The lowest BCUT2D eigenvalue weighted by atomic mass is 9.96. The van der Waals surface area contributed by atoms with Gasteiger partial charge in [-0.1, -0.05) is 24.3 Å². The third-order valence-corrected chi connectivity index (χ3v) is 4.81. The van der Waals surface area contributed by atoms with Gasteiger partial charge in [0.25, 0.3) is 0 Å². The lowest BCUT2D eigenvalue weighted by molar-refractivity contribution is 0.288. The summed E-state index contributed by atoms with van der Waals surface area (Å²) in [7, 11) is 2.05. The molecule has 108 valence electrons. The van der Waals surface area contributed by atoms with Crippen LogP contribution in [0.4, 0.5) is 0 Å². The maximum absolute atomic E-state index is 5.71. The minimum Gasteiger partial charge on any atom is -0.493 e. The van der Waals surface area contributed by atoms with E-state index in [-0.39, 0.29) is 0 Å². The molecular weight excluding hydrogens is 258 g/mol. The monoisotopic (exact) mass is 279 g/mol. The number of ether oxygens (including phenoxy) is 1. The lowest BCUT2D eigenvalue weighted by Crippen LogP contribution is -2.12. The average Bonchev–Trinajstić information content (AvgIpc) is 2.96. The van der Waals surface area contributed by atoms with Crippen molar-refractivity contribution in [2.45, 2.75) is 31.7 Å². The van der Waals surface area contributed by atoms with Gasteiger partial charge in [0.15, 0.2) is 0 Å². The molecule has 2 aromatic carbocycles. The third kappa shape index (κ3) is 2.24. The predicted octanol–water partition coefficient (Wildman–Crippen LogP) is 3.89. The van der Waals surface area contributed by atoms with Crippen LogP contribution < -0.4 is 10.1 Å². The molecule has 1 unspecified atom stereocenters. The van der Waals surface area contributed by atoms with E-state index >= 15 is 0 Å². The van der Waals surface area contributed by atoms with E-state index in [1.54, 1.807) is 0 Å². The van der Waals surface area contributed by atoms with Gasteiger partial charge < -0.3 is 10.1 Å². The Morgan fingerprint density at radius 2 is 1.81 bits per heavy atom. The lowest BCUT2D eigenvalue weighted by Gasteiger charge is -2.18. The molecule has 1 N–H and O–H groups in total. The van der Waals surface area contributed by atoms with Crippen molar-refractivity contribution in [3.05, 3.63) is 53.1 Å². The summed E-state index contributed by atoms with van der Waals surface area (Å²) in [5, 5.41) is 3.40. The van der Waals surface area contributed by atoms with Gasteiger partial charge in [-0.2, -0.15) is 0 Å². The first kappa shape index (κ1) is 12.9. The Morgan fingerprint density at radius 1 is 1.00 bits per heavy atom. The molecule has 21 heavy (non-hydrogen) atoms. The molecule has 0 amide bonds. The van der Waals surface area contributed by atoms with Crippen molar-refractivity contribution in [2.24, 2.45) is 0 Å². The smallest absolute Gasteiger partial charge is 0.122 e. The van der Waals surface area contributed by atoms with E-state index in [4.69, 9.17) is 4.74 Å². The molecule has 0 radical (unpaired) electrons. The van der Waals surface area contributed by atoms with E-state index < -0.39 is 0 Å². The second-order valence-electron chi connectivity index (χ2n) is 6.07. The summed E-state index contributed by atoms with van der Waals surface area (Å²) in [6, 6.07) is 14.1. The van der Waals surface area contributed by atoms with Crippen molar-refractivity contribution < 1.29 is 4.74 Å². The van der Waals surface area contributed by atoms with Gasteiger partial charge >= 0.3 is 0 Å². The first-order valence-corrected chi connectivity index (χ1v) is 7.91. The zero-order chi connectivity index (χ0) is 14.2. The second-order valence-corrected chi connectivity index (χ2v) is 6.07. The van der Waals surface area contributed by atoms with Crippen LogP contribution in [0.3, 0.4) is 0 Å². The maximum Gasteiger partial charge on any atom is 0.122 e. The van der Waals surface area contributed by atoms with Crippen molar-refractivity contribution in [3.63, 3.8) is 0 Å². The predicted molar refractivity (Wildman–Crippen MR) is 85.8 cm³/mol. The molecule has 2 heteroatoms. The number of nitrogens with one attached hydrogen (secondary N) is 1. The minimum atomic E-state index is 0.533. The highest BCUT2D eigenvalue weighted by Gasteiger charge is 2.21. The van der Waals surface area contributed by atoms with Crippen LogP contribution in [-0.2, 0) is 12.8 Å². The topological polar surface area (TPSA) is 21.3 Å². The summed E-state index contributed by atoms with van der Waals surface area (Å²) in [4.78, 5) is 0.